The van der Waals surface area contributed by atoms with Crippen molar-refractivity contribution in [2.24, 2.45) is 0 Å². The summed E-state index contributed by atoms with van der Waals surface area (Å²) in [6.45, 7) is 2.46. The van der Waals surface area contributed by atoms with Gasteiger partial charge in [0.25, 0.3) is 0 Å². The van der Waals surface area contributed by atoms with Gasteiger partial charge in [-0.1, -0.05) is 12.1 Å². The fourth-order valence-electron chi connectivity index (χ4n) is 1.24. The molecule has 0 amide bonds. The van der Waals surface area contributed by atoms with Gasteiger partial charge in [0.1, 0.15) is 5.75 Å². The summed E-state index contributed by atoms with van der Waals surface area (Å²) in [6, 6.07) is 6.75. The van der Waals surface area contributed by atoms with E-state index in [2.05, 4.69) is 0 Å². The minimum absolute atomic E-state index is 0.284. The summed E-state index contributed by atoms with van der Waals surface area (Å²) in [5.41, 5.74) is 0.584. The van der Waals surface area contributed by atoms with Crippen LogP contribution >= 0.6 is 0 Å². The van der Waals surface area contributed by atoms with E-state index in [-0.39, 0.29) is 6.42 Å². The highest BCUT2D eigenvalue weighted by Gasteiger charge is 2.11. The predicted octanol–water partition coefficient (Wildman–Crippen LogP) is 1.59. The Labute approximate surface area is 88.1 Å². The lowest BCUT2D eigenvalue weighted by Crippen LogP contribution is -2.05. The topological polar surface area (TPSA) is 66.8 Å². The SMILES string of the molecule is CCOc1ccc([C@H](O)CC(=O)O)cc1. The average molecular weight is 210 g/mol. The molecule has 0 radical (unpaired) electrons. The summed E-state index contributed by atoms with van der Waals surface area (Å²) >= 11 is 0. The number of hydrogen-bond donors (Lipinski definition) is 2. The summed E-state index contributed by atoms with van der Waals surface area (Å²) in [5, 5.41) is 18.0. The zero-order chi connectivity index (χ0) is 11.3. The second-order valence-corrected chi connectivity index (χ2v) is 3.12. The molecule has 0 heterocycles. The van der Waals surface area contributed by atoms with Gasteiger partial charge in [-0.2, -0.15) is 0 Å². The van der Waals surface area contributed by atoms with Gasteiger partial charge in [0, 0.05) is 0 Å². The number of aliphatic hydroxyl groups is 1. The van der Waals surface area contributed by atoms with Crippen molar-refractivity contribution in [2.45, 2.75) is 19.4 Å². The Hall–Kier alpha value is -1.55. The van der Waals surface area contributed by atoms with Crippen LogP contribution in [0, 0.1) is 0 Å². The van der Waals surface area contributed by atoms with Crippen LogP contribution in [-0.2, 0) is 4.79 Å². The standard InChI is InChI=1S/C11H14O4/c1-2-15-9-5-3-8(4-6-9)10(12)7-11(13)14/h3-6,10,12H,2,7H2,1H3,(H,13,14)/t10-/m1/s1. The molecule has 0 unspecified atom stereocenters. The molecule has 0 fully saturated rings. The van der Waals surface area contributed by atoms with Gasteiger partial charge in [0.2, 0.25) is 0 Å². The van der Waals surface area contributed by atoms with Crippen LogP contribution in [0.25, 0.3) is 0 Å². The van der Waals surface area contributed by atoms with E-state index < -0.39 is 12.1 Å². The molecule has 4 heteroatoms. The van der Waals surface area contributed by atoms with Crippen LogP contribution < -0.4 is 4.74 Å². The van der Waals surface area contributed by atoms with Crippen LogP contribution in [0.5, 0.6) is 5.75 Å². The maximum absolute atomic E-state index is 10.4. The third-order valence-corrected chi connectivity index (χ3v) is 1.94. The molecule has 4 nitrogen and oxygen atoms in total. The third kappa shape index (κ3) is 3.59. The quantitative estimate of drug-likeness (QED) is 0.774. The average Bonchev–Trinajstić information content (AvgIpc) is 2.18. The van der Waals surface area contributed by atoms with Crippen LogP contribution in [0.1, 0.15) is 25.0 Å². The van der Waals surface area contributed by atoms with Crippen molar-refractivity contribution in [3.05, 3.63) is 29.8 Å². The van der Waals surface area contributed by atoms with Crippen molar-refractivity contribution in [1.29, 1.82) is 0 Å². The van der Waals surface area contributed by atoms with Gasteiger partial charge < -0.3 is 14.9 Å². The molecular formula is C11H14O4. The van der Waals surface area contributed by atoms with E-state index in [1.54, 1.807) is 24.3 Å². The number of benzene rings is 1. The summed E-state index contributed by atoms with van der Waals surface area (Å²) in [5.74, 6) is -0.305. The Bertz CT molecular complexity index is 318. The highest BCUT2D eigenvalue weighted by atomic mass is 16.5. The van der Waals surface area contributed by atoms with E-state index in [0.717, 1.165) is 0 Å². The number of aliphatic hydroxyl groups excluding tert-OH is 1. The zero-order valence-electron chi connectivity index (χ0n) is 8.51. The Morgan fingerprint density at radius 1 is 1.40 bits per heavy atom. The van der Waals surface area contributed by atoms with E-state index in [9.17, 15) is 9.90 Å². The summed E-state index contributed by atoms with van der Waals surface area (Å²) < 4.78 is 5.22. The normalized spacial score (nSPS) is 12.1. The van der Waals surface area contributed by atoms with E-state index in [1.165, 1.54) is 0 Å². The molecule has 0 bridgehead atoms. The molecule has 0 saturated heterocycles. The van der Waals surface area contributed by atoms with Crippen LogP contribution in [0.3, 0.4) is 0 Å². The lowest BCUT2D eigenvalue weighted by molar-refractivity contribution is -0.139. The lowest BCUT2D eigenvalue weighted by Gasteiger charge is -2.09. The smallest absolute Gasteiger partial charge is 0.306 e. The molecule has 1 rings (SSSR count). The van der Waals surface area contributed by atoms with E-state index >= 15 is 0 Å². The van der Waals surface area contributed by atoms with E-state index in [1.807, 2.05) is 6.92 Å². The first-order valence-corrected chi connectivity index (χ1v) is 4.76. The molecule has 0 aliphatic rings. The molecule has 1 aromatic carbocycles. The van der Waals surface area contributed by atoms with Gasteiger partial charge in [0.05, 0.1) is 19.1 Å². The maximum Gasteiger partial charge on any atom is 0.306 e. The minimum atomic E-state index is -1.02. The first kappa shape index (κ1) is 11.5. The van der Waals surface area contributed by atoms with Crippen LogP contribution in [0.2, 0.25) is 0 Å². The number of aliphatic carboxylic acids is 1. The zero-order valence-corrected chi connectivity index (χ0v) is 8.51. The third-order valence-electron chi connectivity index (χ3n) is 1.94. The molecule has 0 saturated carbocycles. The summed E-state index contributed by atoms with van der Waals surface area (Å²) in [6.07, 6.45) is -1.24. The Morgan fingerprint density at radius 2 is 2.00 bits per heavy atom. The molecule has 0 aliphatic carbocycles. The second kappa shape index (κ2) is 5.36. The Kier molecular flexibility index (Phi) is 4.12. The predicted molar refractivity (Wildman–Crippen MR) is 54.8 cm³/mol. The van der Waals surface area contributed by atoms with Crippen molar-refractivity contribution in [3.63, 3.8) is 0 Å². The fourth-order valence-corrected chi connectivity index (χ4v) is 1.24. The molecule has 0 spiro atoms. The monoisotopic (exact) mass is 210 g/mol. The Balaban J connectivity index is 2.66. The van der Waals surface area contributed by atoms with Crippen molar-refractivity contribution in [3.8, 4) is 5.75 Å². The molecule has 15 heavy (non-hydrogen) atoms. The highest BCUT2D eigenvalue weighted by Crippen LogP contribution is 2.19. The minimum Gasteiger partial charge on any atom is -0.494 e. The van der Waals surface area contributed by atoms with E-state index in [0.29, 0.717) is 17.9 Å². The molecule has 1 aromatic rings. The first-order valence-electron chi connectivity index (χ1n) is 4.76. The van der Waals surface area contributed by atoms with Gasteiger partial charge in [-0.15, -0.1) is 0 Å². The molecule has 2 N–H and O–H groups in total. The Morgan fingerprint density at radius 3 is 2.47 bits per heavy atom. The molecule has 1 atom stereocenters. The largest absolute Gasteiger partial charge is 0.494 e. The van der Waals surface area contributed by atoms with Crippen molar-refractivity contribution in [1.82, 2.24) is 0 Å². The van der Waals surface area contributed by atoms with Crippen LogP contribution in [0.15, 0.2) is 24.3 Å². The number of carbonyl (C=O) groups is 1. The van der Waals surface area contributed by atoms with Gasteiger partial charge in [0.15, 0.2) is 0 Å². The number of hydrogen-bond acceptors (Lipinski definition) is 3. The number of ether oxygens (including phenoxy) is 1. The highest BCUT2D eigenvalue weighted by molar-refractivity contribution is 5.67. The van der Waals surface area contributed by atoms with Gasteiger partial charge in [-0.05, 0) is 24.6 Å². The van der Waals surface area contributed by atoms with Gasteiger partial charge in [-0.25, -0.2) is 0 Å². The second-order valence-electron chi connectivity index (χ2n) is 3.12. The van der Waals surface area contributed by atoms with Gasteiger partial charge in [-0.3, -0.25) is 4.79 Å². The molecular weight excluding hydrogens is 196 g/mol. The van der Waals surface area contributed by atoms with E-state index in [4.69, 9.17) is 9.84 Å². The lowest BCUT2D eigenvalue weighted by atomic mass is 10.1. The van der Waals surface area contributed by atoms with Crippen molar-refractivity contribution in [2.75, 3.05) is 6.61 Å². The molecule has 0 aliphatic heterocycles. The van der Waals surface area contributed by atoms with Crippen molar-refractivity contribution >= 4 is 5.97 Å². The number of carboxylic acids is 1. The molecule has 82 valence electrons. The van der Waals surface area contributed by atoms with Crippen LogP contribution in [-0.4, -0.2) is 22.8 Å². The van der Waals surface area contributed by atoms with Gasteiger partial charge >= 0.3 is 5.97 Å². The summed E-state index contributed by atoms with van der Waals surface area (Å²) in [4.78, 5) is 10.4. The van der Waals surface area contributed by atoms with Crippen molar-refractivity contribution < 1.29 is 19.7 Å². The number of carboxylic acid groups (broad SMARTS) is 1. The molecule has 0 aromatic heterocycles. The first-order chi connectivity index (χ1) is 7.13. The number of rotatable bonds is 5. The van der Waals surface area contributed by atoms with Crippen LogP contribution in [0.4, 0.5) is 0 Å². The summed E-state index contributed by atoms with van der Waals surface area (Å²) in [7, 11) is 0. The fraction of sp³-hybridized carbons (Fsp3) is 0.364. The maximum atomic E-state index is 10.4.